The number of rotatable bonds is 3. The van der Waals surface area contributed by atoms with Crippen LogP contribution in [0.3, 0.4) is 0 Å². The molecule has 6 aromatic rings. The second-order valence-corrected chi connectivity index (χ2v) is 24.9. The van der Waals surface area contributed by atoms with Gasteiger partial charge in [0.2, 0.25) is 0 Å². The molecule has 0 fully saturated rings. The van der Waals surface area contributed by atoms with Gasteiger partial charge in [-0.2, -0.15) is 0 Å². The van der Waals surface area contributed by atoms with Crippen molar-refractivity contribution < 1.29 is 0 Å². The average molecular weight is 831 g/mol. The Labute approximate surface area is 381 Å². The zero-order chi connectivity index (χ0) is 45.6. The fourth-order valence-electron chi connectivity index (χ4n) is 11.3. The molecule has 6 aromatic carbocycles. The van der Waals surface area contributed by atoms with Crippen molar-refractivity contribution in [3.63, 3.8) is 0 Å². The summed E-state index contributed by atoms with van der Waals surface area (Å²) in [7, 11) is 0. The molecule has 0 amide bonds. The lowest BCUT2D eigenvalue weighted by atomic mass is 9.33. The van der Waals surface area contributed by atoms with Gasteiger partial charge in [0.15, 0.2) is 0 Å². The van der Waals surface area contributed by atoms with Gasteiger partial charge in [0.25, 0.3) is 6.71 Å². The lowest BCUT2D eigenvalue weighted by Crippen LogP contribution is -2.61. The number of aryl methyl sites for hydroxylation is 1. The van der Waals surface area contributed by atoms with Crippen LogP contribution < -0.4 is 26.2 Å². The molecule has 0 radical (unpaired) electrons. The van der Waals surface area contributed by atoms with Crippen molar-refractivity contribution in [2.45, 2.75) is 157 Å². The maximum Gasteiger partial charge on any atom is 0.252 e. The molecule has 3 heteroatoms. The molecule has 0 saturated carbocycles. The van der Waals surface area contributed by atoms with Gasteiger partial charge in [-0.05, 0) is 155 Å². The summed E-state index contributed by atoms with van der Waals surface area (Å²) >= 11 is 0. The monoisotopic (exact) mass is 831 g/mol. The Bertz CT molecular complexity index is 2810. The Balaban J connectivity index is 1.38. The van der Waals surface area contributed by atoms with Gasteiger partial charge in [0, 0.05) is 34.0 Å². The van der Waals surface area contributed by atoms with Gasteiger partial charge in [0.1, 0.15) is 0 Å². The largest absolute Gasteiger partial charge is 0.311 e. The maximum absolute atomic E-state index is 2.65. The first-order valence-corrected chi connectivity index (χ1v) is 23.6. The number of benzene rings is 6. The normalized spacial score (nSPS) is 16.4. The molecule has 2 nitrogen and oxygen atoms in total. The first-order chi connectivity index (χ1) is 29.1. The van der Waals surface area contributed by atoms with Gasteiger partial charge in [-0.3, -0.25) is 0 Å². The van der Waals surface area contributed by atoms with Crippen LogP contribution in [0.5, 0.6) is 0 Å². The number of fused-ring (bicyclic) bond motifs is 5. The smallest absolute Gasteiger partial charge is 0.252 e. The van der Waals surface area contributed by atoms with Crippen LogP contribution >= 0.6 is 0 Å². The molecule has 0 spiro atoms. The van der Waals surface area contributed by atoms with Crippen molar-refractivity contribution in [3.05, 3.63) is 148 Å². The summed E-state index contributed by atoms with van der Waals surface area (Å²) in [5.74, 6) is 0. The predicted molar refractivity (Wildman–Crippen MR) is 276 cm³/mol. The Morgan fingerprint density at radius 3 is 1.40 bits per heavy atom. The van der Waals surface area contributed by atoms with E-state index in [4.69, 9.17) is 0 Å². The highest BCUT2D eigenvalue weighted by molar-refractivity contribution is 7.00. The highest BCUT2D eigenvalue weighted by atomic mass is 15.2. The SMILES string of the molecule is Cc1cc2c3c(c1)N(c1ccc(C(C)(C)C)cc1-c1ccc4c(c1)C(C)(C)CC4(C)C)c1ccc(C(C)(C)C)cc1B3c1cc(C(C)(C)C)ccc1N2c1ccc(C(C)(C)C)cc1. The van der Waals surface area contributed by atoms with Crippen molar-refractivity contribution in [1.29, 1.82) is 0 Å². The highest BCUT2D eigenvalue weighted by Crippen LogP contribution is 2.53. The van der Waals surface area contributed by atoms with Crippen LogP contribution in [0, 0.1) is 6.92 Å². The molecular formula is C60H71BN2. The van der Waals surface area contributed by atoms with E-state index in [-0.39, 0.29) is 39.2 Å². The first kappa shape index (κ1) is 43.2. The summed E-state index contributed by atoms with van der Waals surface area (Å²) in [6, 6.07) is 43.8. The van der Waals surface area contributed by atoms with Gasteiger partial charge in [-0.25, -0.2) is 0 Å². The third-order valence-corrected chi connectivity index (χ3v) is 14.7. The third kappa shape index (κ3) is 7.17. The highest BCUT2D eigenvalue weighted by Gasteiger charge is 2.46. The summed E-state index contributed by atoms with van der Waals surface area (Å²) in [5, 5.41) is 0. The van der Waals surface area contributed by atoms with E-state index in [9.17, 15) is 0 Å². The summed E-state index contributed by atoms with van der Waals surface area (Å²) in [6.07, 6.45) is 1.15. The summed E-state index contributed by atoms with van der Waals surface area (Å²) in [6.45, 7) is 40.1. The molecule has 2 heterocycles. The summed E-state index contributed by atoms with van der Waals surface area (Å²) in [5.41, 5.74) is 24.1. The second kappa shape index (κ2) is 14.0. The van der Waals surface area contributed by atoms with Crippen molar-refractivity contribution in [2.75, 3.05) is 9.80 Å². The lowest BCUT2D eigenvalue weighted by molar-refractivity contribution is 0.403. The quantitative estimate of drug-likeness (QED) is 0.164. The second-order valence-electron chi connectivity index (χ2n) is 24.9. The van der Waals surface area contributed by atoms with E-state index in [0.29, 0.717) is 0 Å². The van der Waals surface area contributed by atoms with Crippen molar-refractivity contribution in [2.24, 2.45) is 0 Å². The minimum atomic E-state index is -0.0215. The van der Waals surface area contributed by atoms with Gasteiger partial charge in [-0.15, -0.1) is 0 Å². The van der Waals surface area contributed by atoms with E-state index in [1.165, 1.54) is 101 Å². The average Bonchev–Trinajstić information content (AvgIpc) is 3.37. The topological polar surface area (TPSA) is 6.48 Å². The molecule has 0 unspecified atom stereocenters. The fraction of sp³-hybridized carbons (Fsp3) is 0.400. The lowest BCUT2D eigenvalue weighted by Gasteiger charge is -2.45. The van der Waals surface area contributed by atoms with E-state index in [2.05, 4.69) is 237 Å². The zero-order valence-corrected chi connectivity index (χ0v) is 41.6. The fourth-order valence-corrected chi connectivity index (χ4v) is 11.3. The molecule has 0 N–H and O–H groups in total. The minimum Gasteiger partial charge on any atom is -0.311 e. The molecule has 0 aromatic heterocycles. The van der Waals surface area contributed by atoms with Crippen molar-refractivity contribution in [3.8, 4) is 11.1 Å². The van der Waals surface area contributed by atoms with E-state index in [0.717, 1.165) is 6.42 Å². The minimum absolute atomic E-state index is 0.00919. The van der Waals surface area contributed by atoms with Gasteiger partial charge in [0.05, 0.1) is 5.69 Å². The molecule has 0 saturated heterocycles. The Morgan fingerprint density at radius 2 is 0.873 bits per heavy atom. The van der Waals surface area contributed by atoms with Crippen LogP contribution in [0.4, 0.5) is 34.1 Å². The molecule has 3 aliphatic rings. The Morgan fingerprint density at radius 1 is 0.429 bits per heavy atom. The number of nitrogens with zero attached hydrogens (tertiary/aromatic N) is 2. The molecular weight excluding hydrogens is 759 g/mol. The number of hydrogen-bond acceptors (Lipinski definition) is 2. The van der Waals surface area contributed by atoms with Crippen LogP contribution in [0.15, 0.2) is 109 Å². The standard InChI is InChI=1S/C60H71BN2/c1-37-30-52-54-53(31-37)63(49-27-21-40(56(5,6)7)33-44(49)38-18-26-45-46(32-38)60(16,17)36-59(45,14)15)51-29-23-42(58(11,12)13)35-48(51)61(54)47-34-41(57(8,9)10)22-28-50(47)62(52)43-24-19-39(20-25-43)55(2,3)4/h18-35H,36H2,1-17H3. The zero-order valence-electron chi connectivity index (χ0n) is 41.6. The van der Waals surface area contributed by atoms with E-state index in [1.807, 2.05) is 0 Å². The summed E-state index contributed by atoms with van der Waals surface area (Å²) < 4.78 is 0. The van der Waals surface area contributed by atoms with Crippen molar-refractivity contribution >= 4 is 57.2 Å². The van der Waals surface area contributed by atoms with Crippen LogP contribution in [-0.4, -0.2) is 6.71 Å². The van der Waals surface area contributed by atoms with Crippen molar-refractivity contribution in [1.82, 2.24) is 0 Å². The Hall–Kier alpha value is -5.02. The molecule has 0 atom stereocenters. The molecule has 324 valence electrons. The van der Waals surface area contributed by atoms with E-state index in [1.54, 1.807) is 0 Å². The summed E-state index contributed by atoms with van der Waals surface area (Å²) in [4.78, 5) is 5.22. The van der Waals surface area contributed by atoms with Crippen LogP contribution in [0.2, 0.25) is 0 Å². The maximum atomic E-state index is 2.65. The number of anilines is 6. The van der Waals surface area contributed by atoms with Gasteiger partial charge >= 0.3 is 0 Å². The van der Waals surface area contributed by atoms with E-state index < -0.39 is 0 Å². The molecule has 9 rings (SSSR count). The van der Waals surface area contributed by atoms with Crippen LogP contribution in [0.1, 0.15) is 156 Å². The molecule has 1 aliphatic carbocycles. The van der Waals surface area contributed by atoms with Crippen LogP contribution in [0.25, 0.3) is 11.1 Å². The number of hydrogen-bond donors (Lipinski definition) is 0. The molecule has 2 aliphatic heterocycles. The van der Waals surface area contributed by atoms with Gasteiger partial charge < -0.3 is 9.80 Å². The first-order valence-electron chi connectivity index (χ1n) is 23.6. The van der Waals surface area contributed by atoms with E-state index >= 15 is 0 Å². The third-order valence-electron chi connectivity index (χ3n) is 14.7. The van der Waals surface area contributed by atoms with Gasteiger partial charge in [-0.1, -0.05) is 171 Å². The van der Waals surface area contributed by atoms with Crippen LogP contribution in [-0.2, 0) is 32.5 Å². The predicted octanol–water partition coefficient (Wildman–Crippen LogP) is 14.9. The Kier molecular flexibility index (Phi) is 9.60. The molecule has 0 bridgehead atoms. The molecule has 63 heavy (non-hydrogen) atoms.